The van der Waals surface area contributed by atoms with E-state index >= 15 is 0 Å². The predicted molar refractivity (Wildman–Crippen MR) is 66.4 cm³/mol. The van der Waals surface area contributed by atoms with Gasteiger partial charge in [-0.05, 0) is 17.4 Å². The number of hydrogen-bond acceptors (Lipinski definition) is 3. The predicted octanol–water partition coefficient (Wildman–Crippen LogP) is 1.92. The molecule has 2 heterocycles. The molecule has 0 bridgehead atoms. The van der Waals surface area contributed by atoms with Gasteiger partial charge in [0.15, 0.2) is 0 Å². The zero-order valence-corrected chi connectivity index (χ0v) is 10.5. The number of rotatable bonds is 4. The molecule has 1 aliphatic rings. The van der Waals surface area contributed by atoms with Gasteiger partial charge in [0.25, 0.3) is 0 Å². The molecule has 2 N–H and O–H groups in total. The van der Waals surface area contributed by atoms with Gasteiger partial charge < -0.3 is 10.6 Å². The van der Waals surface area contributed by atoms with Crippen molar-refractivity contribution in [3.05, 3.63) is 22.4 Å². The maximum absolute atomic E-state index is 11.1. The molecular weight excluding hydrogens is 220 g/mol. The number of thiophene rings is 1. The van der Waals surface area contributed by atoms with Gasteiger partial charge in [0.1, 0.15) is 0 Å². The van der Waals surface area contributed by atoms with Crippen LogP contribution >= 0.6 is 11.3 Å². The second kappa shape index (κ2) is 4.97. The molecule has 2 unspecified atom stereocenters. The highest BCUT2D eigenvalue weighted by molar-refractivity contribution is 7.10. The lowest BCUT2D eigenvalue weighted by Crippen LogP contribution is -2.36. The minimum absolute atomic E-state index is 0.159. The van der Waals surface area contributed by atoms with Crippen molar-refractivity contribution in [2.75, 3.05) is 6.54 Å². The summed E-state index contributed by atoms with van der Waals surface area (Å²) in [5.74, 6) is 0.695. The number of carbonyl (C=O) groups excluding carboxylic acids is 1. The lowest BCUT2D eigenvalue weighted by atomic mass is 10.0. The fourth-order valence-electron chi connectivity index (χ4n) is 2.05. The third-order valence-electron chi connectivity index (χ3n) is 2.91. The van der Waals surface area contributed by atoms with Crippen LogP contribution in [-0.4, -0.2) is 18.5 Å². The van der Waals surface area contributed by atoms with Crippen LogP contribution < -0.4 is 10.6 Å². The minimum Gasteiger partial charge on any atom is -0.354 e. The zero-order chi connectivity index (χ0) is 11.5. The van der Waals surface area contributed by atoms with Gasteiger partial charge in [-0.3, -0.25) is 4.79 Å². The topological polar surface area (TPSA) is 41.1 Å². The summed E-state index contributed by atoms with van der Waals surface area (Å²) in [6.07, 6.45) is 0.606. The van der Waals surface area contributed by atoms with E-state index in [1.807, 2.05) is 0 Å². The Labute approximate surface area is 100 Å². The monoisotopic (exact) mass is 238 g/mol. The van der Waals surface area contributed by atoms with Gasteiger partial charge in [0, 0.05) is 29.9 Å². The molecule has 2 rings (SSSR count). The highest BCUT2D eigenvalue weighted by Crippen LogP contribution is 2.26. The molecule has 1 aromatic heterocycles. The first-order chi connectivity index (χ1) is 7.66. The average molecular weight is 238 g/mol. The molecule has 1 fully saturated rings. The molecule has 88 valence electrons. The van der Waals surface area contributed by atoms with E-state index in [-0.39, 0.29) is 11.9 Å². The van der Waals surface area contributed by atoms with E-state index in [1.54, 1.807) is 11.3 Å². The van der Waals surface area contributed by atoms with E-state index in [0.717, 1.165) is 6.54 Å². The molecule has 0 aliphatic carbocycles. The largest absolute Gasteiger partial charge is 0.354 e. The molecule has 0 aromatic carbocycles. The van der Waals surface area contributed by atoms with E-state index < -0.39 is 0 Å². The fraction of sp³-hybridized carbons (Fsp3) is 0.583. The molecule has 2 atom stereocenters. The van der Waals surface area contributed by atoms with Crippen molar-refractivity contribution in [3.63, 3.8) is 0 Å². The van der Waals surface area contributed by atoms with Crippen LogP contribution in [0.25, 0.3) is 0 Å². The molecule has 0 radical (unpaired) electrons. The van der Waals surface area contributed by atoms with Crippen molar-refractivity contribution < 1.29 is 4.79 Å². The number of nitrogens with one attached hydrogen (secondary N) is 2. The first kappa shape index (κ1) is 11.6. The standard InChI is InChI=1S/C12H18N2OS/c1-8(2)12(10-4-3-5-16-10)14-9-6-11(15)13-7-9/h3-5,8-9,12,14H,6-7H2,1-2H3,(H,13,15). The Hall–Kier alpha value is -0.870. The zero-order valence-electron chi connectivity index (χ0n) is 9.69. The van der Waals surface area contributed by atoms with Crippen LogP contribution in [-0.2, 0) is 4.79 Å². The van der Waals surface area contributed by atoms with Gasteiger partial charge in [-0.25, -0.2) is 0 Å². The molecule has 3 nitrogen and oxygen atoms in total. The Kier molecular flexibility index (Phi) is 3.61. The summed E-state index contributed by atoms with van der Waals surface area (Å²) in [6, 6.07) is 4.88. The average Bonchev–Trinajstić information content (AvgIpc) is 2.84. The Morgan fingerprint density at radius 1 is 1.56 bits per heavy atom. The first-order valence-corrected chi connectivity index (χ1v) is 6.61. The van der Waals surface area contributed by atoms with Crippen LogP contribution in [0.4, 0.5) is 0 Å². The van der Waals surface area contributed by atoms with Gasteiger partial charge >= 0.3 is 0 Å². The number of hydrogen-bond donors (Lipinski definition) is 2. The van der Waals surface area contributed by atoms with Crippen molar-refractivity contribution in [1.82, 2.24) is 10.6 Å². The molecule has 0 saturated carbocycles. The van der Waals surface area contributed by atoms with Crippen LogP contribution in [0.3, 0.4) is 0 Å². The Morgan fingerprint density at radius 3 is 2.88 bits per heavy atom. The molecule has 1 saturated heterocycles. The molecule has 1 amide bonds. The molecule has 4 heteroatoms. The third-order valence-corrected chi connectivity index (χ3v) is 3.86. The lowest BCUT2D eigenvalue weighted by Gasteiger charge is -2.24. The Bertz CT molecular complexity index is 348. The van der Waals surface area contributed by atoms with Gasteiger partial charge in [-0.1, -0.05) is 19.9 Å². The quantitative estimate of drug-likeness (QED) is 0.841. The van der Waals surface area contributed by atoms with E-state index in [1.165, 1.54) is 4.88 Å². The van der Waals surface area contributed by atoms with Crippen molar-refractivity contribution >= 4 is 17.2 Å². The lowest BCUT2D eigenvalue weighted by molar-refractivity contribution is -0.119. The molecular formula is C12H18N2OS. The summed E-state index contributed by atoms with van der Waals surface area (Å²) >= 11 is 1.78. The normalized spacial score (nSPS) is 22.4. The van der Waals surface area contributed by atoms with Crippen molar-refractivity contribution in [3.8, 4) is 0 Å². The summed E-state index contributed by atoms with van der Waals surface area (Å²) in [4.78, 5) is 12.5. The molecule has 1 aliphatic heterocycles. The van der Waals surface area contributed by atoms with E-state index in [9.17, 15) is 4.79 Å². The summed E-state index contributed by atoms with van der Waals surface area (Å²) < 4.78 is 0. The van der Waals surface area contributed by atoms with Crippen LogP contribution in [0.1, 0.15) is 31.2 Å². The van der Waals surface area contributed by atoms with Gasteiger partial charge in [-0.15, -0.1) is 11.3 Å². The molecule has 16 heavy (non-hydrogen) atoms. The van der Waals surface area contributed by atoms with Gasteiger partial charge in [-0.2, -0.15) is 0 Å². The minimum atomic E-state index is 0.159. The smallest absolute Gasteiger partial charge is 0.221 e. The first-order valence-electron chi connectivity index (χ1n) is 5.73. The van der Waals surface area contributed by atoms with E-state index in [4.69, 9.17) is 0 Å². The van der Waals surface area contributed by atoms with Gasteiger partial charge in [0.2, 0.25) is 5.91 Å². The number of carbonyl (C=O) groups is 1. The van der Waals surface area contributed by atoms with E-state index in [0.29, 0.717) is 18.4 Å². The van der Waals surface area contributed by atoms with Crippen molar-refractivity contribution in [2.24, 2.45) is 5.92 Å². The highest BCUT2D eigenvalue weighted by Gasteiger charge is 2.26. The molecule has 1 aromatic rings. The SMILES string of the molecule is CC(C)C(NC1CNC(=O)C1)c1cccs1. The maximum atomic E-state index is 11.1. The van der Waals surface area contributed by atoms with Crippen LogP contribution in [0.2, 0.25) is 0 Å². The summed E-state index contributed by atoms with van der Waals surface area (Å²) in [7, 11) is 0. The second-order valence-corrected chi connectivity index (χ2v) is 5.59. The Balaban J connectivity index is 2.01. The van der Waals surface area contributed by atoms with Crippen molar-refractivity contribution in [1.29, 1.82) is 0 Å². The van der Waals surface area contributed by atoms with Crippen LogP contribution in [0.15, 0.2) is 17.5 Å². The maximum Gasteiger partial charge on any atom is 0.221 e. The second-order valence-electron chi connectivity index (χ2n) is 4.61. The summed E-state index contributed by atoms with van der Waals surface area (Å²) in [5.41, 5.74) is 0. The van der Waals surface area contributed by atoms with E-state index in [2.05, 4.69) is 42.0 Å². The summed E-state index contributed by atoms with van der Waals surface area (Å²) in [6.45, 7) is 5.18. The van der Waals surface area contributed by atoms with Crippen LogP contribution in [0.5, 0.6) is 0 Å². The Morgan fingerprint density at radius 2 is 2.38 bits per heavy atom. The summed E-state index contributed by atoms with van der Waals surface area (Å²) in [5, 5.41) is 8.54. The van der Waals surface area contributed by atoms with Crippen LogP contribution in [0, 0.1) is 5.92 Å². The third kappa shape index (κ3) is 2.62. The van der Waals surface area contributed by atoms with Crippen molar-refractivity contribution in [2.45, 2.75) is 32.4 Å². The highest BCUT2D eigenvalue weighted by atomic mass is 32.1. The molecule has 0 spiro atoms. The fourth-order valence-corrected chi connectivity index (χ4v) is 3.01. The number of amides is 1. The van der Waals surface area contributed by atoms with Gasteiger partial charge in [0.05, 0.1) is 0 Å².